The third kappa shape index (κ3) is 2.03. The van der Waals surface area contributed by atoms with Crippen molar-refractivity contribution in [2.24, 2.45) is 0 Å². The first kappa shape index (κ1) is 13.7. The van der Waals surface area contributed by atoms with Crippen LogP contribution in [0, 0.1) is 18.3 Å². The monoisotopic (exact) mass is 292 g/mol. The van der Waals surface area contributed by atoms with E-state index < -0.39 is 5.91 Å². The van der Waals surface area contributed by atoms with Crippen molar-refractivity contribution in [1.82, 2.24) is 0 Å². The Kier molecular flexibility index (Phi) is 3.40. The van der Waals surface area contributed by atoms with Gasteiger partial charge >= 0.3 is 0 Å². The molecule has 1 amide bonds. The van der Waals surface area contributed by atoms with E-state index in [1.54, 1.807) is 19.1 Å². The minimum Gasteiger partial charge on any atom is -0.274 e. The summed E-state index contributed by atoms with van der Waals surface area (Å²) in [5.41, 5.74) is 2.29. The van der Waals surface area contributed by atoms with Gasteiger partial charge < -0.3 is 0 Å². The van der Waals surface area contributed by atoms with Gasteiger partial charge in [0.15, 0.2) is 0 Å². The molecule has 0 aromatic heterocycles. The van der Waals surface area contributed by atoms with Gasteiger partial charge in [-0.3, -0.25) is 9.69 Å². The summed E-state index contributed by atoms with van der Waals surface area (Å²) in [5, 5.41) is 9.72. The lowest BCUT2D eigenvalue weighted by atomic mass is 10.2. The molecule has 1 aliphatic rings. The molecule has 5 heteroatoms. The number of nitriles is 1. The second-order valence-electron chi connectivity index (χ2n) is 4.28. The molecule has 0 bridgehead atoms. The molecule has 0 saturated carbocycles. The second kappa shape index (κ2) is 4.73. The number of allylic oxidation sites excluding steroid dienone is 1. The molecule has 0 saturated heterocycles. The number of anilines is 1. The van der Waals surface area contributed by atoms with E-state index in [0.29, 0.717) is 27.0 Å². The Labute approximate surface area is 121 Å². The number of rotatable bonds is 1. The fourth-order valence-corrected chi connectivity index (χ4v) is 2.75. The van der Waals surface area contributed by atoms with Crippen LogP contribution >= 0.6 is 23.2 Å². The van der Waals surface area contributed by atoms with E-state index in [-0.39, 0.29) is 5.57 Å². The Hall–Kier alpha value is -1.76. The zero-order chi connectivity index (χ0) is 14.3. The molecule has 96 valence electrons. The number of amides is 1. The Morgan fingerprint density at radius 2 is 1.79 bits per heavy atom. The van der Waals surface area contributed by atoms with E-state index in [1.165, 1.54) is 4.90 Å². The van der Waals surface area contributed by atoms with E-state index in [4.69, 9.17) is 28.5 Å². The molecule has 19 heavy (non-hydrogen) atoms. The van der Waals surface area contributed by atoms with Crippen LogP contribution < -0.4 is 4.90 Å². The Bertz CT molecular complexity index is 660. The largest absolute Gasteiger partial charge is 0.274 e. The maximum absolute atomic E-state index is 12.2. The van der Waals surface area contributed by atoms with Gasteiger partial charge in [0, 0.05) is 5.70 Å². The molecule has 0 fully saturated rings. The SMILES string of the molecule is C=C1C(C)=C(C#N)C(=O)N1c1c(Cl)cc(C)cc1Cl. The van der Waals surface area contributed by atoms with Crippen molar-refractivity contribution in [2.75, 3.05) is 4.90 Å². The van der Waals surface area contributed by atoms with E-state index in [1.807, 2.05) is 13.0 Å². The molecule has 0 radical (unpaired) electrons. The van der Waals surface area contributed by atoms with Crippen LogP contribution in [0.25, 0.3) is 0 Å². The summed E-state index contributed by atoms with van der Waals surface area (Å²) in [7, 11) is 0. The van der Waals surface area contributed by atoms with Gasteiger partial charge in [0.2, 0.25) is 0 Å². The van der Waals surface area contributed by atoms with Gasteiger partial charge in [0.05, 0.1) is 15.7 Å². The van der Waals surface area contributed by atoms with Gasteiger partial charge in [-0.2, -0.15) is 5.26 Å². The summed E-state index contributed by atoms with van der Waals surface area (Å²) in [5.74, 6) is -0.447. The number of carbonyl (C=O) groups is 1. The minimum absolute atomic E-state index is 0.0673. The number of benzene rings is 1. The highest BCUT2D eigenvalue weighted by atomic mass is 35.5. The highest BCUT2D eigenvalue weighted by Crippen LogP contribution is 2.41. The molecular formula is C14H10Cl2N2O. The average molecular weight is 293 g/mol. The van der Waals surface area contributed by atoms with Crippen molar-refractivity contribution >= 4 is 34.8 Å². The Balaban J connectivity index is 2.62. The van der Waals surface area contributed by atoms with Crippen LogP contribution in [0.1, 0.15) is 12.5 Å². The van der Waals surface area contributed by atoms with Crippen molar-refractivity contribution in [2.45, 2.75) is 13.8 Å². The van der Waals surface area contributed by atoms with Gasteiger partial charge in [-0.25, -0.2) is 0 Å². The van der Waals surface area contributed by atoms with Crippen LogP contribution in [0.2, 0.25) is 10.0 Å². The van der Waals surface area contributed by atoms with Gasteiger partial charge in [0.1, 0.15) is 11.6 Å². The van der Waals surface area contributed by atoms with E-state index in [2.05, 4.69) is 6.58 Å². The Morgan fingerprint density at radius 3 is 2.21 bits per heavy atom. The number of nitrogens with zero attached hydrogens (tertiary/aromatic N) is 2. The zero-order valence-electron chi connectivity index (χ0n) is 10.4. The summed E-state index contributed by atoms with van der Waals surface area (Å²) < 4.78 is 0. The standard InChI is InChI=1S/C14H10Cl2N2O/c1-7-4-11(15)13(12(16)5-7)18-9(3)8(2)10(6-17)14(18)19/h4-5H,3H2,1-2H3. The maximum atomic E-state index is 12.2. The molecule has 1 aromatic rings. The average Bonchev–Trinajstić information content (AvgIpc) is 2.52. The summed E-state index contributed by atoms with van der Waals surface area (Å²) in [6, 6.07) is 5.31. The van der Waals surface area contributed by atoms with Gasteiger partial charge in [0.25, 0.3) is 5.91 Å². The van der Waals surface area contributed by atoms with Crippen LogP contribution in [0.4, 0.5) is 5.69 Å². The number of halogens is 2. The predicted octanol–water partition coefficient (Wildman–Crippen LogP) is 4.00. The van der Waals surface area contributed by atoms with Crippen LogP contribution in [-0.4, -0.2) is 5.91 Å². The summed E-state index contributed by atoms with van der Waals surface area (Å²) in [6.07, 6.45) is 0. The molecule has 0 atom stereocenters. The third-order valence-corrected chi connectivity index (χ3v) is 3.57. The van der Waals surface area contributed by atoms with Crippen molar-refractivity contribution in [3.63, 3.8) is 0 Å². The summed E-state index contributed by atoms with van der Waals surface area (Å²) in [6.45, 7) is 7.35. The molecular weight excluding hydrogens is 283 g/mol. The lowest BCUT2D eigenvalue weighted by Crippen LogP contribution is -2.25. The van der Waals surface area contributed by atoms with E-state index in [0.717, 1.165) is 5.56 Å². The van der Waals surface area contributed by atoms with Gasteiger partial charge in [-0.15, -0.1) is 0 Å². The highest BCUT2D eigenvalue weighted by Gasteiger charge is 2.35. The molecule has 0 unspecified atom stereocenters. The van der Waals surface area contributed by atoms with Crippen LogP contribution in [0.15, 0.2) is 35.6 Å². The van der Waals surface area contributed by atoms with E-state index >= 15 is 0 Å². The first-order chi connectivity index (χ1) is 8.88. The quantitative estimate of drug-likeness (QED) is 0.785. The molecule has 0 aliphatic carbocycles. The second-order valence-corrected chi connectivity index (χ2v) is 5.09. The minimum atomic E-state index is -0.447. The zero-order valence-corrected chi connectivity index (χ0v) is 11.9. The molecule has 2 rings (SSSR count). The van der Waals surface area contributed by atoms with Gasteiger partial charge in [-0.1, -0.05) is 29.8 Å². The normalized spacial score (nSPS) is 15.2. The maximum Gasteiger partial charge on any atom is 0.273 e. The van der Waals surface area contributed by atoms with Crippen LogP contribution in [-0.2, 0) is 4.79 Å². The highest BCUT2D eigenvalue weighted by molar-refractivity contribution is 6.41. The predicted molar refractivity (Wildman–Crippen MR) is 76.1 cm³/mol. The Morgan fingerprint density at radius 1 is 1.26 bits per heavy atom. The van der Waals surface area contributed by atoms with Crippen molar-refractivity contribution in [1.29, 1.82) is 5.26 Å². The third-order valence-electron chi connectivity index (χ3n) is 2.99. The smallest absolute Gasteiger partial charge is 0.273 e. The number of carbonyl (C=O) groups excluding carboxylic acids is 1. The number of hydrogen-bond donors (Lipinski definition) is 0. The molecule has 0 N–H and O–H groups in total. The molecule has 1 aliphatic heterocycles. The topological polar surface area (TPSA) is 44.1 Å². The summed E-state index contributed by atoms with van der Waals surface area (Å²) >= 11 is 12.3. The van der Waals surface area contributed by atoms with Crippen LogP contribution in [0.3, 0.4) is 0 Å². The molecule has 1 aromatic carbocycles. The van der Waals surface area contributed by atoms with Crippen molar-refractivity contribution in [3.05, 3.63) is 51.2 Å². The number of hydrogen-bond acceptors (Lipinski definition) is 2. The number of aryl methyl sites for hydroxylation is 1. The van der Waals surface area contributed by atoms with E-state index in [9.17, 15) is 4.79 Å². The van der Waals surface area contributed by atoms with Gasteiger partial charge in [-0.05, 0) is 37.1 Å². The summed E-state index contributed by atoms with van der Waals surface area (Å²) in [4.78, 5) is 13.5. The first-order valence-corrected chi connectivity index (χ1v) is 6.24. The molecule has 1 heterocycles. The lowest BCUT2D eigenvalue weighted by molar-refractivity contribution is -0.113. The van der Waals surface area contributed by atoms with Crippen LogP contribution in [0.5, 0.6) is 0 Å². The first-order valence-electron chi connectivity index (χ1n) is 5.48. The lowest BCUT2D eigenvalue weighted by Gasteiger charge is -2.21. The fourth-order valence-electron chi connectivity index (χ4n) is 1.98. The molecule has 3 nitrogen and oxygen atoms in total. The van der Waals surface area contributed by atoms with Crippen molar-refractivity contribution in [3.8, 4) is 6.07 Å². The fraction of sp³-hybridized carbons (Fsp3) is 0.143. The molecule has 0 spiro atoms. The van der Waals surface area contributed by atoms with Crippen molar-refractivity contribution < 1.29 is 4.79 Å².